The van der Waals surface area contributed by atoms with Gasteiger partial charge in [-0.05, 0) is 26.0 Å². The Balaban J connectivity index is 1.65. The Hall–Kier alpha value is -2.91. The second-order valence-electron chi connectivity index (χ2n) is 6.49. The molecule has 4 rings (SSSR count). The maximum absolute atomic E-state index is 13.2. The van der Waals surface area contributed by atoms with Crippen molar-refractivity contribution in [3.63, 3.8) is 0 Å². The zero-order valence-electron chi connectivity index (χ0n) is 14.9. The van der Waals surface area contributed by atoms with Crippen LogP contribution < -0.4 is 9.80 Å². The Morgan fingerprint density at radius 1 is 0.926 bits per heavy atom. The van der Waals surface area contributed by atoms with E-state index in [0.717, 1.165) is 15.9 Å². The topological polar surface area (TPSA) is 62.5 Å². The van der Waals surface area contributed by atoms with E-state index in [-0.39, 0.29) is 5.65 Å². The molecule has 0 amide bonds. The molecule has 1 saturated heterocycles. The van der Waals surface area contributed by atoms with Gasteiger partial charge < -0.3 is 9.80 Å². The van der Waals surface area contributed by atoms with Gasteiger partial charge in [-0.1, -0.05) is 6.07 Å². The third-order valence-corrected chi connectivity index (χ3v) is 4.87. The fourth-order valence-electron chi connectivity index (χ4n) is 3.28. The van der Waals surface area contributed by atoms with E-state index in [4.69, 9.17) is 0 Å². The minimum atomic E-state index is -4.61. The number of fused-ring (bicyclic) bond motifs is 1. The Morgan fingerprint density at radius 3 is 2.26 bits per heavy atom. The third kappa shape index (κ3) is 3.04. The number of piperazine rings is 1. The fraction of sp³-hybridized carbons (Fsp3) is 0.412. The molecule has 0 N–H and O–H groups in total. The number of pyridine rings is 1. The van der Waals surface area contributed by atoms with Gasteiger partial charge in [0.05, 0.1) is 0 Å². The molecule has 1 aliphatic rings. The molecule has 0 radical (unpaired) electrons. The normalized spacial score (nSPS) is 15.6. The predicted octanol–water partition coefficient (Wildman–Crippen LogP) is 2.48. The highest BCUT2D eigenvalue weighted by Gasteiger charge is 2.38. The van der Waals surface area contributed by atoms with Crippen LogP contribution in [0.4, 0.5) is 24.8 Å². The van der Waals surface area contributed by atoms with E-state index in [1.54, 1.807) is 13.1 Å². The summed E-state index contributed by atoms with van der Waals surface area (Å²) in [6, 6.07) is 5.74. The highest BCUT2D eigenvalue weighted by atomic mass is 19.4. The Bertz CT molecular complexity index is 960. The second-order valence-corrected chi connectivity index (χ2v) is 6.49. The summed E-state index contributed by atoms with van der Waals surface area (Å²) in [6.45, 7) is 6.30. The zero-order chi connectivity index (χ0) is 19.2. The average Bonchev–Trinajstić information content (AvgIpc) is 3.10. The quantitative estimate of drug-likeness (QED) is 0.684. The van der Waals surface area contributed by atoms with Crippen LogP contribution in [0.25, 0.3) is 5.65 Å². The SMILES string of the molecule is Cc1c(N2CCN(c3ccccn3)CC2)nn2c(C(F)(F)F)nnc2c1C. The first kappa shape index (κ1) is 17.5. The van der Waals surface area contributed by atoms with Crippen LogP contribution in [0.15, 0.2) is 24.4 Å². The number of nitrogens with zero attached hydrogens (tertiary/aromatic N) is 7. The van der Waals surface area contributed by atoms with E-state index in [1.165, 1.54) is 0 Å². The molecule has 1 fully saturated rings. The van der Waals surface area contributed by atoms with Gasteiger partial charge in [0.15, 0.2) is 11.5 Å². The number of halogens is 3. The summed E-state index contributed by atoms with van der Waals surface area (Å²) in [7, 11) is 0. The van der Waals surface area contributed by atoms with E-state index >= 15 is 0 Å². The molecule has 0 aliphatic carbocycles. The van der Waals surface area contributed by atoms with Gasteiger partial charge in [-0.15, -0.1) is 15.3 Å². The van der Waals surface area contributed by atoms with Crippen molar-refractivity contribution in [1.29, 1.82) is 0 Å². The second kappa shape index (κ2) is 6.36. The number of anilines is 2. The first-order valence-corrected chi connectivity index (χ1v) is 8.57. The van der Waals surface area contributed by atoms with Crippen molar-refractivity contribution in [2.75, 3.05) is 36.0 Å². The minimum Gasteiger partial charge on any atom is -0.353 e. The molecule has 142 valence electrons. The van der Waals surface area contributed by atoms with Gasteiger partial charge in [-0.2, -0.15) is 17.7 Å². The molecule has 27 heavy (non-hydrogen) atoms. The van der Waals surface area contributed by atoms with Crippen molar-refractivity contribution in [1.82, 2.24) is 24.8 Å². The molecule has 0 unspecified atom stereocenters. The van der Waals surface area contributed by atoms with Crippen molar-refractivity contribution < 1.29 is 13.2 Å². The zero-order valence-corrected chi connectivity index (χ0v) is 14.9. The minimum absolute atomic E-state index is 0.135. The lowest BCUT2D eigenvalue weighted by molar-refractivity contribution is -0.146. The number of alkyl halides is 3. The van der Waals surface area contributed by atoms with Gasteiger partial charge in [-0.25, -0.2) is 4.98 Å². The van der Waals surface area contributed by atoms with E-state index in [1.807, 2.05) is 30.0 Å². The molecule has 0 spiro atoms. The molecule has 0 atom stereocenters. The lowest BCUT2D eigenvalue weighted by Gasteiger charge is -2.36. The van der Waals surface area contributed by atoms with E-state index in [9.17, 15) is 13.2 Å². The van der Waals surface area contributed by atoms with Crippen LogP contribution in [-0.2, 0) is 6.18 Å². The summed E-state index contributed by atoms with van der Waals surface area (Å²) >= 11 is 0. The summed E-state index contributed by atoms with van der Waals surface area (Å²) in [5.41, 5.74) is 1.60. The van der Waals surface area contributed by atoms with Crippen LogP contribution in [0, 0.1) is 13.8 Å². The van der Waals surface area contributed by atoms with Crippen LogP contribution in [0.1, 0.15) is 17.0 Å². The first-order valence-electron chi connectivity index (χ1n) is 8.57. The molecule has 7 nitrogen and oxygen atoms in total. The molecule has 0 bridgehead atoms. The average molecular weight is 377 g/mol. The Kier molecular flexibility index (Phi) is 4.12. The molecule has 1 aliphatic heterocycles. The number of hydrogen-bond donors (Lipinski definition) is 0. The lowest BCUT2D eigenvalue weighted by atomic mass is 10.1. The molecule has 3 aromatic rings. The Morgan fingerprint density at radius 2 is 1.63 bits per heavy atom. The van der Waals surface area contributed by atoms with Crippen molar-refractivity contribution in [3.05, 3.63) is 41.3 Å². The van der Waals surface area contributed by atoms with Gasteiger partial charge in [0, 0.05) is 43.5 Å². The summed E-state index contributed by atoms with van der Waals surface area (Å²) in [6.07, 6.45) is -2.86. The molecule has 3 aromatic heterocycles. The highest BCUT2D eigenvalue weighted by Crippen LogP contribution is 2.31. The predicted molar refractivity (Wildman–Crippen MR) is 93.9 cm³/mol. The van der Waals surface area contributed by atoms with Crippen LogP contribution in [0.5, 0.6) is 0 Å². The number of aryl methyl sites for hydroxylation is 1. The maximum atomic E-state index is 13.2. The highest BCUT2D eigenvalue weighted by molar-refractivity contribution is 5.60. The van der Waals surface area contributed by atoms with Crippen LogP contribution in [0.3, 0.4) is 0 Å². The number of hydrogen-bond acceptors (Lipinski definition) is 6. The van der Waals surface area contributed by atoms with E-state index in [0.29, 0.717) is 37.6 Å². The largest absolute Gasteiger partial charge is 0.453 e. The summed E-state index contributed by atoms with van der Waals surface area (Å²) in [5, 5.41) is 11.2. The van der Waals surface area contributed by atoms with Gasteiger partial charge in [0.2, 0.25) is 0 Å². The molecule has 0 aromatic carbocycles. The smallest absolute Gasteiger partial charge is 0.353 e. The summed E-state index contributed by atoms with van der Waals surface area (Å²) in [4.78, 5) is 8.50. The van der Waals surface area contributed by atoms with Crippen molar-refractivity contribution in [2.45, 2.75) is 20.0 Å². The number of aromatic nitrogens is 5. The Labute approximate surface area is 153 Å². The van der Waals surface area contributed by atoms with Gasteiger partial charge in [0.1, 0.15) is 5.82 Å². The maximum Gasteiger partial charge on any atom is 0.453 e. The van der Waals surface area contributed by atoms with Crippen molar-refractivity contribution in [3.8, 4) is 0 Å². The van der Waals surface area contributed by atoms with E-state index < -0.39 is 12.0 Å². The fourth-order valence-corrected chi connectivity index (χ4v) is 3.28. The molecule has 0 saturated carbocycles. The van der Waals surface area contributed by atoms with Crippen molar-refractivity contribution >= 4 is 17.3 Å². The summed E-state index contributed by atoms with van der Waals surface area (Å²) in [5.74, 6) is 0.326. The van der Waals surface area contributed by atoms with Gasteiger partial charge >= 0.3 is 6.18 Å². The first-order chi connectivity index (χ1) is 12.9. The molecule has 4 heterocycles. The van der Waals surface area contributed by atoms with Crippen LogP contribution >= 0.6 is 0 Å². The molecular weight excluding hydrogens is 359 g/mol. The molecular formula is C17H18F3N7. The van der Waals surface area contributed by atoms with Gasteiger partial charge in [0.25, 0.3) is 5.82 Å². The monoisotopic (exact) mass is 377 g/mol. The third-order valence-electron chi connectivity index (χ3n) is 4.87. The summed E-state index contributed by atoms with van der Waals surface area (Å²) < 4.78 is 40.4. The van der Waals surface area contributed by atoms with Crippen LogP contribution in [0.2, 0.25) is 0 Å². The lowest BCUT2D eigenvalue weighted by Crippen LogP contribution is -2.47. The van der Waals surface area contributed by atoms with Crippen LogP contribution in [-0.4, -0.2) is 51.0 Å². The van der Waals surface area contributed by atoms with E-state index in [2.05, 4.69) is 25.2 Å². The van der Waals surface area contributed by atoms with Gasteiger partial charge in [-0.3, -0.25) is 0 Å². The van der Waals surface area contributed by atoms with Crippen molar-refractivity contribution in [2.24, 2.45) is 0 Å². The number of rotatable bonds is 2. The molecule has 10 heteroatoms. The standard InChI is InChI=1S/C17H18F3N7/c1-11-12(2)15(24-27-14(11)22-23-16(27)17(18,19)20)26-9-7-25(8-10-26)13-5-3-4-6-21-13/h3-6H,7-10H2,1-2H3.